The number of fused-ring (bicyclic) bond motifs is 6. The van der Waals surface area contributed by atoms with Gasteiger partial charge in [-0.25, -0.2) is 0 Å². The zero-order valence-corrected chi connectivity index (χ0v) is 19.3. The van der Waals surface area contributed by atoms with E-state index in [0.29, 0.717) is 5.56 Å². The molecule has 0 spiro atoms. The van der Waals surface area contributed by atoms with Gasteiger partial charge in [-0.05, 0) is 28.8 Å². The van der Waals surface area contributed by atoms with Gasteiger partial charge in [-0.3, -0.25) is 18.7 Å². The Balaban J connectivity index is 1.64. The minimum atomic E-state index is -0.422. The summed E-state index contributed by atoms with van der Waals surface area (Å²) in [6, 6.07) is 35.8. The van der Waals surface area contributed by atoms with Crippen LogP contribution in [0.15, 0.2) is 114 Å². The van der Waals surface area contributed by atoms with Gasteiger partial charge in [-0.1, -0.05) is 97.1 Å². The molecular weight excluding hydrogens is 444 g/mol. The van der Waals surface area contributed by atoms with Crippen molar-refractivity contribution >= 4 is 27.7 Å². The quantitative estimate of drug-likeness (QED) is 0.294. The normalized spacial score (nSPS) is 17.6. The van der Waals surface area contributed by atoms with Gasteiger partial charge < -0.3 is 0 Å². The van der Waals surface area contributed by atoms with Crippen LogP contribution in [0.2, 0.25) is 0 Å². The summed E-state index contributed by atoms with van der Waals surface area (Å²) in [6.45, 7) is 0. The molecule has 0 N–H and O–H groups in total. The summed E-state index contributed by atoms with van der Waals surface area (Å²) >= 11 is 0. The van der Waals surface area contributed by atoms with Gasteiger partial charge in [0.1, 0.15) is 0 Å². The second kappa shape index (κ2) is 6.92. The molecule has 4 heterocycles. The van der Waals surface area contributed by atoms with Crippen molar-refractivity contribution in [3.63, 3.8) is 0 Å². The largest absolute Gasteiger partial charge is 0.278 e. The Morgan fingerprint density at radius 3 is 2.08 bits per heavy atom. The first kappa shape index (κ1) is 19.6. The minimum absolute atomic E-state index is 0.0392. The average molecular weight is 465 g/mol. The molecule has 6 aromatic rings. The van der Waals surface area contributed by atoms with Gasteiger partial charge in [0.25, 0.3) is 5.56 Å². The van der Waals surface area contributed by atoms with E-state index in [1.54, 1.807) is 0 Å². The monoisotopic (exact) mass is 464 g/mol. The highest BCUT2D eigenvalue weighted by molar-refractivity contribution is 6.21. The molecule has 2 aromatic heterocycles. The Labute approximate surface area is 206 Å². The van der Waals surface area contributed by atoms with E-state index < -0.39 is 5.92 Å². The maximum Gasteiger partial charge on any atom is 0.263 e. The average Bonchev–Trinajstić information content (AvgIpc) is 3.45. The number of aromatic nitrogens is 2. The molecule has 0 saturated heterocycles. The number of carbonyl (C=O) groups excluding carboxylic acids is 1. The van der Waals surface area contributed by atoms with E-state index in [2.05, 4.69) is 6.07 Å². The summed E-state index contributed by atoms with van der Waals surface area (Å²) in [6.07, 6.45) is 0. The molecule has 0 radical (unpaired) electrons. The number of hydrogen-bond acceptors (Lipinski definition) is 2. The molecule has 2 aliphatic heterocycles. The van der Waals surface area contributed by atoms with E-state index in [0.717, 1.165) is 49.9 Å². The molecule has 0 saturated carbocycles. The third-order valence-corrected chi connectivity index (χ3v) is 7.87. The number of benzene rings is 4. The maximum absolute atomic E-state index is 14.5. The summed E-state index contributed by atoms with van der Waals surface area (Å²) < 4.78 is 3.75. The summed E-state index contributed by atoms with van der Waals surface area (Å²) in [5.41, 5.74) is 6.94. The number of carbonyl (C=O) groups is 1. The molecular formula is C32H20N2O2. The molecule has 4 nitrogen and oxygen atoms in total. The van der Waals surface area contributed by atoms with Crippen LogP contribution in [0, 0.1) is 0 Å². The fraction of sp³-hybridized carbons (Fsp3) is 0.0625. The first-order valence-electron chi connectivity index (χ1n) is 12.2. The molecule has 4 heteroatoms. The molecule has 8 rings (SSSR count). The molecule has 2 aliphatic rings. The van der Waals surface area contributed by atoms with Gasteiger partial charge in [0.05, 0.1) is 33.9 Å². The highest BCUT2D eigenvalue weighted by Crippen LogP contribution is 2.53. The van der Waals surface area contributed by atoms with Crippen molar-refractivity contribution in [1.29, 1.82) is 0 Å². The van der Waals surface area contributed by atoms with Crippen LogP contribution < -0.4 is 5.56 Å². The van der Waals surface area contributed by atoms with Gasteiger partial charge in [0.15, 0.2) is 0 Å². The summed E-state index contributed by atoms with van der Waals surface area (Å²) in [7, 11) is 0. The number of hydrogen-bond donors (Lipinski definition) is 0. The van der Waals surface area contributed by atoms with Crippen LogP contribution in [0.5, 0.6) is 0 Å². The van der Waals surface area contributed by atoms with Crippen LogP contribution in [0.3, 0.4) is 0 Å². The Hall–Kier alpha value is -4.70. The lowest BCUT2D eigenvalue weighted by molar-refractivity contribution is 0.0872. The second-order valence-electron chi connectivity index (χ2n) is 9.61. The predicted octanol–water partition coefficient (Wildman–Crippen LogP) is 6.50. The van der Waals surface area contributed by atoms with Crippen LogP contribution in [0.1, 0.15) is 33.5 Å². The standard InChI is InChI=1S/C32H20N2O2/c35-31-25(19-11-3-1-4-12-19)27-21-15-7-9-17-23(21)34-29(27)30-28(22-16-8-10-18-24(22)33(30)31)26(32(34)36)20-13-5-2-6-14-20/h1-18,25,27H. The molecule has 2 atom stereocenters. The smallest absolute Gasteiger partial charge is 0.263 e. The molecule has 0 amide bonds. The molecule has 4 aromatic carbocycles. The van der Waals surface area contributed by atoms with Gasteiger partial charge in [-0.15, -0.1) is 0 Å². The van der Waals surface area contributed by atoms with Gasteiger partial charge in [0, 0.05) is 16.7 Å². The SMILES string of the molecule is O=C1C(c2ccccc2)C2c3ccccc3-n3c2c2c(c(-c4ccccc4)c3=O)c3ccccc3n21. The maximum atomic E-state index is 14.5. The van der Waals surface area contributed by atoms with Crippen LogP contribution in [-0.2, 0) is 0 Å². The summed E-state index contributed by atoms with van der Waals surface area (Å²) in [4.78, 5) is 28.9. The van der Waals surface area contributed by atoms with Crippen LogP contribution in [0.4, 0.5) is 0 Å². The third kappa shape index (κ3) is 2.29. The Morgan fingerprint density at radius 2 is 1.28 bits per heavy atom. The summed E-state index contributed by atoms with van der Waals surface area (Å²) in [5.74, 6) is -0.603. The van der Waals surface area contributed by atoms with E-state index in [4.69, 9.17) is 0 Å². The molecule has 170 valence electrons. The third-order valence-electron chi connectivity index (χ3n) is 7.87. The zero-order chi connectivity index (χ0) is 24.0. The molecule has 0 aliphatic carbocycles. The molecule has 2 unspecified atom stereocenters. The van der Waals surface area contributed by atoms with E-state index in [-0.39, 0.29) is 17.4 Å². The van der Waals surface area contributed by atoms with Crippen LogP contribution in [-0.4, -0.2) is 15.0 Å². The first-order valence-corrected chi connectivity index (χ1v) is 12.2. The van der Waals surface area contributed by atoms with Crippen LogP contribution in [0.25, 0.3) is 38.6 Å². The number of rotatable bonds is 2. The highest BCUT2D eigenvalue weighted by atomic mass is 16.2. The van der Waals surface area contributed by atoms with Crippen molar-refractivity contribution < 1.29 is 4.79 Å². The first-order chi connectivity index (χ1) is 17.8. The number of nitrogens with zero attached hydrogens (tertiary/aromatic N) is 2. The fourth-order valence-corrected chi connectivity index (χ4v) is 6.51. The van der Waals surface area contributed by atoms with Crippen molar-refractivity contribution in [2.24, 2.45) is 0 Å². The molecule has 36 heavy (non-hydrogen) atoms. The van der Waals surface area contributed by atoms with Crippen LogP contribution >= 0.6 is 0 Å². The molecule has 0 bridgehead atoms. The lowest BCUT2D eigenvalue weighted by atomic mass is 9.77. The van der Waals surface area contributed by atoms with Gasteiger partial charge >= 0.3 is 0 Å². The van der Waals surface area contributed by atoms with E-state index in [1.807, 2.05) is 112 Å². The van der Waals surface area contributed by atoms with Crippen molar-refractivity contribution in [3.05, 3.63) is 136 Å². The van der Waals surface area contributed by atoms with Crippen molar-refractivity contribution in [3.8, 4) is 16.8 Å². The lowest BCUT2D eigenvalue weighted by Crippen LogP contribution is -2.32. The highest BCUT2D eigenvalue weighted by Gasteiger charge is 2.47. The lowest BCUT2D eigenvalue weighted by Gasteiger charge is -2.30. The van der Waals surface area contributed by atoms with Gasteiger partial charge in [-0.2, -0.15) is 0 Å². The number of pyridine rings is 1. The van der Waals surface area contributed by atoms with E-state index in [1.165, 1.54) is 0 Å². The van der Waals surface area contributed by atoms with Crippen molar-refractivity contribution in [2.45, 2.75) is 11.8 Å². The van der Waals surface area contributed by atoms with E-state index in [9.17, 15) is 9.59 Å². The van der Waals surface area contributed by atoms with E-state index >= 15 is 0 Å². The zero-order valence-electron chi connectivity index (χ0n) is 19.3. The minimum Gasteiger partial charge on any atom is -0.278 e. The fourth-order valence-electron chi connectivity index (χ4n) is 6.51. The Morgan fingerprint density at radius 1 is 0.611 bits per heavy atom. The Kier molecular flexibility index (Phi) is 3.77. The number of para-hydroxylation sites is 2. The van der Waals surface area contributed by atoms with Crippen molar-refractivity contribution in [1.82, 2.24) is 9.13 Å². The van der Waals surface area contributed by atoms with Gasteiger partial charge in [0.2, 0.25) is 5.91 Å². The topological polar surface area (TPSA) is 44.0 Å². The van der Waals surface area contributed by atoms with Crippen molar-refractivity contribution in [2.75, 3.05) is 0 Å². The molecule has 0 fully saturated rings. The second-order valence-corrected chi connectivity index (χ2v) is 9.61. The summed E-state index contributed by atoms with van der Waals surface area (Å²) in [5, 5.41) is 1.80. The predicted molar refractivity (Wildman–Crippen MR) is 142 cm³/mol. The Bertz CT molecular complexity index is 1930.